The van der Waals surface area contributed by atoms with E-state index in [4.69, 9.17) is 15.6 Å². The smallest absolute Gasteiger partial charge is 0.319 e. The molecule has 4 N–H and O–H groups in total. The highest BCUT2D eigenvalue weighted by molar-refractivity contribution is 6.05. The van der Waals surface area contributed by atoms with Gasteiger partial charge in [-0.1, -0.05) is 30.3 Å². The predicted molar refractivity (Wildman–Crippen MR) is 244 cm³/mol. The van der Waals surface area contributed by atoms with Crippen LogP contribution in [0.2, 0.25) is 0 Å². The minimum absolute atomic E-state index is 0.100. The molecule has 0 bridgehead atoms. The maximum Gasteiger partial charge on any atom is 0.319 e. The highest BCUT2D eigenvalue weighted by Crippen LogP contribution is 2.41. The predicted octanol–water partition coefficient (Wildman–Crippen LogP) is 6.37. The van der Waals surface area contributed by atoms with Crippen LogP contribution < -0.4 is 21.1 Å². The van der Waals surface area contributed by atoms with E-state index in [1.165, 1.54) is 5.56 Å². The quantitative estimate of drug-likeness (QED) is 0.153. The summed E-state index contributed by atoms with van der Waals surface area (Å²) in [5.41, 5.74) is 10.7. The van der Waals surface area contributed by atoms with Gasteiger partial charge >= 0.3 is 6.03 Å². The largest absolute Gasteiger partial charge is 0.457 e. The second-order valence-corrected chi connectivity index (χ2v) is 18.9. The number of para-hydroxylation sites is 1. The highest BCUT2D eigenvalue weighted by Gasteiger charge is 2.40. The van der Waals surface area contributed by atoms with Gasteiger partial charge in [-0.3, -0.25) is 24.5 Å². The van der Waals surface area contributed by atoms with Crippen molar-refractivity contribution >= 4 is 35.5 Å². The van der Waals surface area contributed by atoms with E-state index in [-0.39, 0.29) is 36.2 Å². The van der Waals surface area contributed by atoms with Crippen molar-refractivity contribution in [3.05, 3.63) is 95.1 Å². The standard InChI is InChI=1S/C50H59N9O6/c51-46(61)44-45(35-6-9-39(10-7-35)65-38-4-2-1-3-5-38)54-59-41(14-22-52-47(44)59)34-20-28-57(29-21-34)50(64)56-26-16-32(17-27-56)15-23-55-24-18-33(19-25-55)36-8-11-40-37(30-36)31-58(49(40)63)42-12-13-43(60)53-48(42)62/h1-11,30,32-34,41-42,52H,12-29,31H2,(H2,51,61)(H,53,60,62). The van der Waals surface area contributed by atoms with Gasteiger partial charge in [0, 0.05) is 56.8 Å². The number of benzene rings is 3. The Balaban J connectivity index is 0.669. The number of imide groups is 1. The van der Waals surface area contributed by atoms with E-state index in [0.717, 1.165) is 108 Å². The fourth-order valence-corrected chi connectivity index (χ4v) is 11.3. The zero-order valence-electron chi connectivity index (χ0n) is 37.0. The van der Waals surface area contributed by atoms with Gasteiger partial charge in [0.15, 0.2) is 0 Å². The number of rotatable bonds is 10. The van der Waals surface area contributed by atoms with E-state index in [0.29, 0.717) is 72.2 Å². The molecule has 0 saturated carbocycles. The molecule has 6 aliphatic rings. The van der Waals surface area contributed by atoms with Gasteiger partial charge in [-0.25, -0.2) is 9.48 Å². The summed E-state index contributed by atoms with van der Waals surface area (Å²) in [5, 5.41) is 10.8. The van der Waals surface area contributed by atoms with E-state index in [9.17, 15) is 24.0 Å². The maximum atomic E-state index is 13.8. The van der Waals surface area contributed by atoms with Crippen molar-refractivity contribution in [2.75, 3.05) is 57.7 Å². The Morgan fingerprint density at radius 1 is 0.785 bits per heavy atom. The van der Waals surface area contributed by atoms with Crippen LogP contribution in [0.15, 0.2) is 72.8 Å². The summed E-state index contributed by atoms with van der Waals surface area (Å²) in [6, 6.07) is 23.0. The molecule has 4 aromatic rings. The van der Waals surface area contributed by atoms with E-state index >= 15 is 0 Å². The molecule has 15 nitrogen and oxygen atoms in total. The van der Waals surface area contributed by atoms with Crippen molar-refractivity contribution in [1.82, 2.24) is 34.7 Å². The number of hydrogen-bond donors (Lipinski definition) is 3. The second-order valence-electron chi connectivity index (χ2n) is 18.9. The van der Waals surface area contributed by atoms with Crippen LogP contribution >= 0.6 is 0 Å². The highest BCUT2D eigenvalue weighted by atomic mass is 16.5. The fraction of sp³-hybridized carbons (Fsp3) is 0.480. The van der Waals surface area contributed by atoms with Crippen LogP contribution in [0.1, 0.15) is 108 Å². The summed E-state index contributed by atoms with van der Waals surface area (Å²) in [7, 11) is 0. The second kappa shape index (κ2) is 18.3. The van der Waals surface area contributed by atoms with Crippen molar-refractivity contribution in [3.63, 3.8) is 0 Å². The first-order valence-electron chi connectivity index (χ1n) is 23.7. The number of nitrogens with one attached hydrogen (secondary N) is 2. The lowest BCUT2D eigenvalue weighted by Gasteiger charge is -2.41. The Hall–Kier alpha value is -6.22. The minimum atomic E-state index is -0.593. The molecule has 0 radical (unpaired) electrons. The average molecular weight is 882 g/mol. The lowest BCUT2D eigenvalue weighted by molar-refractivity contribution is -0.136. The monoisotopic (exact) mass is 881 g/mol. The van der Waals surface area contributed by atoms with Gasteiger partial charge in [0.2, 0.25) is 11.8 Å². The molecule has 1 aromatic heterocycles. The molecule has 2 unspecified atom stereocenters. The molecule has 65 heavy (non-hydrogen) atoms. The number of hydrogen-bond acceptors (Lipinski definition) is 9. The molecular weight excluding hydrogens is 823 g/mol. The van der Waals surface area contributed by atoms with Gasteiger partial charge in [0.1, 0.15) is 34.6 Å². The number of urea groups is 1. The molecular formula is C50H59N9O6. The number of amides is 6. The molecule has 4 fully saturated rings. The third kappa shape index (κ3) is 8.82. The number of fused-ring (bicyclic) bond motifs is 2. The Labute approximate surface area is 379 Å². The number of piperidine rings is 4. The molecule has 7 heterocycles. The average Bonchev–Trinajstić information content (AvgIpc) is 3.89. The van der Waals surface area contributed by atoms with Crippen LogP contribution in [0.5, 0.6) is 11.5 Å². The van der Waals surface area contributed by atoms with Crippen LogP contribution in [-0.4, -0.2) is 117 Å². The van der Waals surface area contributed by atoms with Gasteiger partial charge < -0.3 is 35.4 Å². The van der Waals surface area contributed by atoms with Gasteiger partial charge in [-0.15, -0.1) is 0 Å². The number of primary amides is 1. The molecule has 6 amide bonds. The van der Waals surface area contributed by atoms with Crippen molar-refractivity contribution in [2.24, 2.45) is 17.6 Å². The van der Waals surface area contributed by atoms with Crippen molar-refractivity contribution in [1.29, 1.82) is 0 Å². The van der Waals surface area contributed by atoms with Crippen LogP contribution in [0, 0.1) is 11.8 Å². The van der Waals surface area contributed by atoms with Crippen LogP contribution in [0.4, 0.5) is 10.6 Å². The number of aromatic nitrogens is 2. The molecule has 3 aromatic carbocycles. The van der Waals surface area contributed by atoms with E-state index in [1.807, 2.05) is 70.2 Å². The van der Waals surface area contributed by atoms with Crippen molar-refractivity contribution in [3.8, 4) is 22.8 Å². The number of nitrogens with zero attached hydrogens (tertiary/aromatic N) is 6. The van der Waals surface area contributed by atoms with E-state index in [1.54, 1.807) is 4.90 Å². The molecule has 0 aliphatic carbocycles. The Morgan fingerprint density at radius 3 is 2.20 bits per heavy atom. The van der Waals surface area contributed by atoms with Gasteiger partial charge in [-0.2, -0.15) is 5.10 Å². The summed E-state index contributed by atoms with van der Waals surface area (Å²) in [6.45, 7) is 7.32. The Kier molecular flexibility index (Phi) is 12.1. The van der Waals surface area contributed by atoms with Gasteiger partial charge in [-0.05, 0) is 149 Å². The van der Waals surface area contributed by atoms with Crippen LogP contribution in [0.3, 0.4) is 0 Å². The summed E-state index contributed by atoms with van der Waals surface area (Å²) < 4.78 is 7.97. The summed E-state index contributed by atoms with van der Waals surface area (Å²) in [5.74, 6) is 2.20. The Bertz CT molecular complexity index is 2430. The van der Waals surface area contributed by atoms with Crippen LogP contribution in [0.25, 0.3) is 11.3 Å². The number of likely N-dealkylation sites (tertiary alicyclic amines) is 3. The Morgan fingerprint density at radius 2 is 1.49 bits per heavy atom. The summed E-state index contributed by atoms with van der Waals surface area (Å²) in [4.78, 5) is 72.3. The van der Waals surface area contributed by atoms with Gasteiger partial charge in [0.05, 0.1) is 6.04 Å². The topological polar surface area (TPSA) is 175 Å². The number of nitrogens with two attached hydrogens (primary N) is 1. The molecule has 15 heteroatoms. The third-order valence-corrected chi connectivity index (χ3v) is 15.0. The van der Waals surface area contributed by atoms with Gasteiger partial charge in [0.25, 0.3) is 11.8 Å². The molecule has 340 valence electrons. The molecule has 2 atom stereocenters. The lowest BCUT2D eigenvalue weighted by atomic mass is 9.86. The molecule has 10 rings (SSSR count). The molecule has 4 saturated heterocycles. The van der Waals surface area contributed by atoms with Crippen molar-refractivity contribution in [2.45, 2.75) is 88.8 Å². The van der Waals surface area contributed by atoms with Crippen LogP contribution in [-0.2, 0) is 16.1 Å². The first kappa shape index (κ1) is 42.7. The lowest BCUT2D eigenvalue weighted by Crippen LogP contribution is -2.52. The zero-order valence-corrected chi connectivity index (χ0v) is 37.0. The first-order chi connectivity index (χ1) is 31.7. The number of anilines is 1. The first-order valence-corrected chi connectivity index (χ1v) is 23.7. The SMILES string of the molecule is NC(=O)c1c(-c2ccc(Oc3ccccc3)cc2)nn2c1NCCC2C1CCN(C(=O)N2CCC(CCN3CCC(c4ccc5c(c4)CN(C4CCC(=O)NC4=O)C5=O)CC3)CC2)CC1. The molecule has 0 spiro atoms. The minimum Gasteiger partial charge on any atom is -0.457 e. The molecule has 6 aliphatic heterocycles. The van der Waals surface area contributed by atoms with E-state index in [2.05, 4.69) is 32.6 Å². The zero-order chi connectivity index (χ0) is 44.6. The fourth-order valence-electron chi connectivity index (χ4n) is 11.3. The van der Waals surface area contributed by atoms with Crippen molar-refractivity contribution < 1.29 is 28.7 Å². The number of ether oxygens (including phenoxy) is 1. The summed E-state index contributed by atoms with van der Waals surface area (Å²) >= 11 is 0. The maximum absolute atomic E-state index is 13.8. The van der Waals surface area contributed by atoms with E-state index < -0.39 is 11.9 Å². The normalized spacial score (nSPS) is 22.3. The third-order valence-electron chi connectivity index (χ3n) is 15.0. The summed E-state index contributed by atoms with van der Waals surface area (Å²) in [6.07, 6.45) is 8.63. The number of carbonyl (C=O) groups is 5. The number of carbonyl (C=O) groups excluding carboxylic acids is 5.